The number of hydrogen-bond donors (Lipinski definition) is 1. The molecule has 0 aliphatic heterocycles. The lowest BCUT2D eigenvalue weighted by Gasteiger charge is -2.14. The highest BCUT2D eigenvalue weighted by Crippen LogP contribution is 2.24. The first-order valence-electron chi connectivity index (χ1n) is 8.55. The predicted octanol–water partition coefficient (Wildman–Crippen LogP) is 3.33. The number of hydrogen-bond acceptors (Lipinski definition) is 7. The Bertz CT molecular complexity index is 959. The number of aromatic nitrogens is 2. The van der Waals surface area contributed by atoms with Gasteiger partial charge in [-0.15, -0.1) is 11.3 Å². The molecule has 0 unspecified atom stereocenters. The number of carbonyl (C=O) groups is 2. The highest BCUT2D eigenvalue weighted by molar-refractivity contribution is 7.13. The average molecular weight is 397 g/mol. The summed E-state index contributed by atoms with van der Waals surface area (Å²) in [5, 5.41) is 5.26. The van der Waals surface area contributed by atoms with Gasteiger partial charge in [-0.3, -0.25) is 14.6 Å². The molecule has 28 heavy (non-hydrogen) atoms. The number of para-hydroxylation sites is 2. The number of anilines is 1. The van der Waals surface area contributed by atoms with Crippen LogP contribution in [0.2, 0.25) is 0 Å². The Kier molecular flexibility index (Phi) is 6.33. The fourth-order valence-corrected chi connectivity index (χ4v) is 3.24. The molecule has 1 aromatic carbocycles. The lowest BCUT2D eigenvalue weighted by atomic mass is 10.2. The molecule has 0 fully saturated rings. The van der Waals surface area contributed by atoms with Crippen molar-refractivity contribution >= 4 is 28.9 Å². The van der Waals surface area contributed by atoms with Crippen molar-refractivity contribution in [2.24, 2.45) is 0 Å². The van der Waals surface area contributed by atoms with E-state index < -0.39 is 18.0 Å². The van der Waals surface area contributed by atoms with Crippen LogP contribution in [0.1, 0.15) is 12.6 Å². The zero-order chi connectivity index (χ0) is 19.9. The fraction of sp³-hybridized carbons (Fsp3) is 0.200. The summed E-state index contributed by atoms with van der Waals surface area (Å²) in [6.07, 6.45) is 2.44. The zero-order valence-corrected chi connectivity index (χ0v) is 16.2. The normalized spacial score (nSPS) is 11.5. The number of carbonyl (C=O) groups excluding carboxylic acids is 2. The summed E-state index contributed by atoms with van der Waals surface area (Å²) in [5.74, 6) is -0.433. The van der Waals surface area contributed by atoms with Crippen molar-refractivity contribution in [1.29, 1.82) is 0 Å². The lowest BCUT2D eigenvalue weighted by Crippen LogP contribution is -2.30. The summed E-state index contributed by atoms with van der Waals surface area (Å²) in [6, 6.07) is 10.7. The van der Waals surface area contributed by atoms with Gasteiger partial charge < -0.3 is 14.8 Å². The molecule has 0 spiro atoms. The molecule has 144 valence electrons. The van der Waals surface area contributed by atoms with Gasteiger partial charge in [0.2, 0.25) is 0 Å². The summed E-state index contributed by atoms with van der Waals surface area (Å²) in [5.41, 5.74) is 1.99. The van der Waals surface area contributed by atoms with Crippen molar-refractivity contribution in [3.8, 4) is 16.3 Å². The Morgan fingerprint density at radius 2 is 2.04 bits per heavy atom. The van der Waals surface area contributed by atoms with Gasteiger partial charge in [-0.2, -0.15) is 0 Å². The average Bonchev–Trinajstić information content (AvgIpc) is 3.17. The molecule has 8 heteroatoms. The number of methoxy groups -OCH3 is 1. The van der Waals surface area contributed by atoms with E-state index in [0.717, 1.165) is 10.6 Å². The van der Waals surface area contributed by atoms with Crippen LogP contribution in [-0.2, 0) is 20.7 Å². The fourth-order valence-electron chi connectivity index (χ4n) is 2.43. The highest BCUT2D eigenvalue weighted by Gasteiger charge is 2.20. The number of thiazole rings is 1. The van der Waals surface area contributed by atoms with E-state index in [0.29, 0.717) is 17.1 Å². The molecule has 0 aliphatic carbocycles. The third-order valence-electron chi connectivity index (χ3n) is 3.83. The first-order valence-corrected chi connectivity index (χ1v) is 9.43. The van der Waals surface area contributed by atoms with Crippen molar-refractivity contribution in [3.05, 3.63) is 59.9 Å². The van der Waals surface area contributed by atoms with Crippen LogP contribution in [0.15, 0.2) is 54.2 Å². The van der Waals surface area contributed by atoms with Crippen molar-refractivity contribution in [1.82, 2.24) is 9.97 Å². The largest absolute Gasteiger partial charge is 0.495 e. The van der Waals surface area contributed by atoms with Gasteiger partial charge in [0.05, 0.1) is 24.9 Å². The maximum absolute atomic E-state index is 12.3. The van der Waals surface area contributed by atoms with E-state index in [1.54, 1.807) is 42.0 Å². The maximum atomic E-state index is 12.3. The van der Waals surface area contributed by atoms with Gasteiger partial charge in [-0.1, -0.05) is 12.1 Å². The van der Waals surface area contributed by atoms with Crippen molar-refractivity contribution in [3.63, 3.8) is 0 Å². The molecular weight excluding hydrogens is 378 g/mol. The quantitative estimate of drug-likeness (QED) is 0.615. The van der Waals surface area contributed by atoms with Gasteiger partial charge in [-0.25, -0.2) is 4.98 Å². The molecule has 7 nitrogen and oxygen atoms in total. The van der Waals surface area contributed by atoms with Crippen molar-refractivity contribution in [2.45, 2.75) is 19.4 Å². The molecule has 3 aromatic rings. The van der Waals surface area contributed by atoms with Crippen LogP contribution in [0.5, 0.6) is 5.75 Å². The molecule has 2 aromatic heterocycles. The second-order valence-corrected chi connectivity index (χ2v) is 6.74. The second kappa shape index (κ2) is 9.09. The number of nitrogens with zero attached hydrogens (tertiary/aromatic N) is 2. The second-order valence-electron chi connectivity index (χ2n) is 5.88. The molecule has 0 bridgehead atoms. The monoisotopic (exact) mass is 397 g/mol. The molecule has 0 saturated carbocycles. The Labute approximate surface area is 166 Å². The third-order valence-corrected chi connectivity index (χ3v) is 4.77. The van der Waals surface area contributed by atoms with E-state index >= 15 is 0 Å². The molecular formula is C20H19N3O4S. The van der Waals surface area contributed by atoms with Crippen LogP contribution in [-0.4, -0.2) is 35.1 Å². The van der Waals surface area contributed by atoms with E-state index in [-0.39, 0.29) is 6.42 Å². The van der Waals surface area contributed by atoms with Crippen LogP contribution in [0.3, 0.4) is 0 Å². The van der Waals surface area contributed by atoms with Crippen LogP contribution >= 0.6 is 11.3 Å². The molecule has 3 rings (SSSR count). The molecule has 1 amide bonds. The Morgan fingerprint density at radius 3 is 2.79 bits per heavy atom. The molecule has 2 heterocycles. The van der Waals surface area contributed by atoms with E-state index in [9.17, 15) is 9.59 Å². The van der Waals surface area contributed by atoms with E-state index in [1.165, 1.54) is 25.4 Å². The number of amides is 1. The molecule has 0 radical (unpaired) electrons. The standard InChI is InChI=1S/C20H19N3O4S/c1-13(19(25)23-16-7-3-4-8-17(16)26-2)27-18(24)10-15-12-28-20(22-15)14-6-5-9-21-11-14/h3-9,11-13H,10H2,1-2H3,(H,23,25)/t13-/m1/s1. The van der Waals surface area contributed by atoms with Gasteiger partial charge in [-0.05, 0) is 31.2 Å². The minimum absolute atomic E-state index is 0.0109. The van der Waals surface area contributed by atoms with Gasteiger partial charge in [0.1, 0.15) is 10.8 Å². The lowest BCUT2D eigenvalue weighted by molar-refractivity contribution is -0.152. The number of esters is 1. The first kappa shape index (κ1) is 19.5. The Hall–Kier alpha value is -3.26. The summed E-state index contributed by atoms with van der Waals surface area (Å²) in [7, 11) is 1.52. The van der Waals surface area contributed by atoms with Gasteiger partial charge in [0.15, 0.2) is 6.10 Å². The van der Waals surface area contributed by atoms with Crippen LogP contribution in [0.4, 0.5) is 5.69 Å². The first-order chi connectivity index (χ1) is 13.6. The maximum Gasteiger partial charge on any atom is 0.312 e. The molecule has 0 aliphatic rings. The Balaban J connectivity index is 1.56. The minimum atomic E-state index is -0.950. The smallest absolute Gasteiger partial charge is 0.312 e. The van der Waals surface area contributed by atoms with Crippen molar-refractivity contribution in [2.75, 3.05) is 12.4 Å². The number of pyridine rings is 1. The number of nitrogens with one attached hydrogen (secondary N) is 1. The topological polar surface area (TPSA) is 90.4 Å². The summed E-state index contributed by atoms with van der Waals surface area (Å²) in [4.78, 5) is 32.9. The van der Waals surface area contributed by atoms with Gasteiger partial charge in [0.25, 0.3) is 5.91 Å². The molecule has 1 atom stereocenters. The van der Waals surface area contributed by atoms with Crippen LogP contribution in [0, 0.1) is 0 Å². The molecule has 0 saturated heterocycles. The Morgan fingerprint density at radius 1 is 1.21 bits per heavy atom. The van der Waals surface area contributed by atoms with E-state index in [4.69, 9.17) is 9.47 Å². The zero-order valence-electron chi connectivity index (χ0n) is 15.4. The number of benzene rings is 1. The third kappa shape index (κ3) is 4.92. The summed E-state index contributed by atoms with van der Waals surface area (Å²) < 4.78 is 10.4. The van der Waals surface area contributed by atoms with Crippen LogP contribution in [0.25, 0.3) is 10.6 Å². The minimum Gasteiger partial charge on any atom is -0.495 e. The highest BCUT2D eigenvalue weighted by atomic mass is 32.1. The summed E-state index contributed by atoms with van der Waals surface area (Å²) >= 11 is 1.42. The van der Waals surface area contributed by atoms with E-state index in [2.05, 4.69) is 15.3 Å². The number of ether oxygens (including phenoxy) is 2. The predicted molar refractivity (Wildman–Crippen MR) is 106 cm³/mol. The van der Waals surface area contributed by atoms with Gasteiger partial charge >= 0.3 is 5.97 Å². The van der Waals surface area contributed by atoms with Gasteiger partial charge in [0, 0.05) is 23.3 Å². The van der Waals surface area contributed by atoms with Crippen molar-refractivity contribution < 1.29 is 19.1 Å². The SMILES string of the molecule is COc1ccccc1NC(=O)[C@@H](C)OC(=O)Cc1csc(-c2cccnc2)n1. The number of rotatable bonds is 7. The van der Waals surface area contributed by atoms with Crippen LogP contribution < -0.4 is 10.1 Å². The van der Waals surface area contributed by atoms with E-state index in [1.807, 2.05) is 12.1 Å². The summed E-state index contributed by atoms with van der Waals surface area (Å²) in [6.45, 7) is 1.52. The molecule has 1 N–H and O–H groups in total.